The summed E-state index contributed by atoms with van der Waals surface area (Å²) in [7, 11) is 0. The number of carbonyl (C=O) groups is 1. The summed E-state index contributed by atoms with van der Waals surface area (Å²) in [6.07, 6.45) is 2.06. The zero-order valence-electron chi connectivity index (χ0n) is 12.0. The topological polar surface area (TPSA) is 56.7 Å². The van der Waals surface area contributed by atoms with E-state index in [-0.39, 0.29) is 0 Å². The van der Waals surface area contributed by atoms with Gasteiger partial charge in [-0.1, -0.05) is 0 Å². The highest BCUT2D eigenvalue weighted by Crippen LogP contribution is 2.12. The highest BCUT2D eigenvalue weighted by atomic mass is 32.1. The third-order valence-electron chi connectivity index (χ3n) is 3.63. The minimum Gasteiger partial charge on any atom is -0.481 e. The molecule has 2 rings (SSSR count). The highest BCUT2D eigenvalue weighted by molar-refractivity contribution is 7.09. The summed E-state index contributed by atoms with van der Waals surface area (Å²) < 4.78 is 0. The fraction of sp³-hybridized carbons (Fsp3) is 0.714. The summed E-state index contributed by atoms with van der Waals surface area (Å²) >= 11 is 1.71. The van der Waals surface area contributed by atoms with E-state index in [0.717, 1.165) is 57.1 Å². The molecule has 20 heavy (non-hydrogen) atoms. The van der Waals surface area contributed by atoms with Gasteiger partial charge in [-0.2, -0.15) is 0 Å². The molecule has 112 valence electrons. The smallest absolute Gasteiger partial charge is 0.303 e. The van der Waals surface area contributed by atoms with Crippen molar-refractivity contribution in [3.63, 3.8) is 0 Å². The van der Waals surface area contributed by atoms with Gasteiger partial charge in [-0.3, -0.25) is 9.69 Å². The number of carboxylic acid groups (broad SMARTS) is 1. The molecule has 6 heteroatoms. The van der Waals surface area contributed by atoms with Crippen LogP contribution in [0.2, 0.25) is 0 Å². The van der Waals surface area contributed by atoms with Gasteiger partial charge in [-0.25, -0.2) is 4.98 Å². The standard InChI is InChI=1S/C14H23N3O2S/c1-12-15-13(11-20-12)10-17-8-6-16(7-9-17)5-3-2-4-14(18)19/h11H,2-10H2,1H3,(H,18,19). The Hall–Kier alpha value is -0.980. The van der Waals surface area contributed by atoms with Crippen LogP contribution in [0.4, 0.5) is 0 Å². The monoisotopic (exact) mass is 297 g/mol. The Kier molecular flexibility index (Phi) is 5.94. The zero-order valence-corrected chi connectivity index (χ0v) is 12.9. The second kappa shape index (κ2) is 7.71. The van der Waals surface area contributed by atoms with Gasteiger partial charge in [0.25, 0.3) is 0 Å². The average molecular weight is 297 g/mol. The SMILES string of the molecule is Cc1nc(CN2CCN(CCCCC(=O)O)CC2)cs1. The van der Waals surface area contributed by atoms with Crippen molar-refractivity contribution in [1.29, 1.82) is 0 Å². The van der Waals surface area contributed by atoms with Gasteiger partial charge < -0.3 is 10.0 Å². The molecule has 0 amide bonds. The van der Waals surface area contributed by atoms with Crippen LogP contribution in [-0.4, -0.2) is 58.6 Å². The lowest BCUT2D eigenvalue weighted by molar-refractivity contribution is -0.137. The van der Waals surface area contributed by atoms with Crippen molar-refractivity contribution in [3.05, 3.63) is 16.1 Å². The Morgan fingerprint density at radius 1 is 1.30 bits per heavy atom. The third kappa shape index (κ3) is 5.19. The van der Waals surface area contributed by atoms with Crippen molar-refractivity contribution in [2.24, 2.45) is 0 Å². The van der Waals surface area contributed by atoms with Crippen LogP contribution < -0.4 is 0 Å². The van der Waals surface area contributed by atoms with Crippen LogP contribution in [0, 0.1) is 6.92 Å². The number of unbranched alkanes of at least 4 members (excludes halogenated alkanes) is 1. The van der Waals surface area contributed by atoms with E-state index in [1.54, 1.807) is 11.3 Å². The number of hydrogen-bond donors (Lipinski definition) is 1. The number of aliphatic carboxylic acids is 1. The van der Waals surface area contributed by atoms with Crippen LogP contribution in [0.5, 0.6) is 0 Å². The molecule has 0 spiro atoms. The van der Waals surface area contributed by atoms with E-state index in [1.807, 2.05) is 6.92 Å². The summed E-state index contributed by atoms with van der Waals surface area (Å²) in [5.41, 5.74) is 1.18. The van der Waals surface area contributed by atoms with Gasteiger partial charge in [-0.15, -0.1) is 11.3 Å². The van der Waals surface area contributed by atoms with Crippen molar-refractivity contribution in [2.75, 3.05) is 32.7 Å². The van der Waals surface area contributed by atoms with Crippen LogP contribution in [0.1, 0.15) is 30.0 Å². The number of carboxylic acids is 1. The number of thiazole rings is 1. The normalized spacial score (nSPS) is 17.4. The fourth-order valence-corrected chi connectivity index (χ4v) is 3.10. The van der Waals surface area contributed by atoms with Crippen molar-refractivity contribution in [2.45, 2.75) is 32.7 Å². The van der Waals surface area contributed by atoms with E-state index >= 15 is 0 Å². The van der Waals surface area contributed by atoms with E-state index in [1.165, 1.54) is 5.69 Å². The molecule has 1 N–H and O–H groups in total. The van der Waals surface area contributed by atoms with Gasteiger partial charge in [0.05, 0.1) is 10.7 Å². The molecule has 0 unspecified atom stereocenters. The molecule has 1 saturated heterocycles. The molecule has 5 nitrogen and oxygen atoms in total. The van der Waals surface area contributed by atoms with Crippen molar-refractivity contribution in [3.8, 4) is 0 Å². The second-order valence-corrected chi connectivity index (χ2v) is 6.39. The molecular formula is C14H23N3O2S. The maximum Gasteiger partial charge on any atom is 0.303 e. The van der Waals surface area contributed by atoms with Crippen LogP contribution in [0.25, 0.3) is 0 Å². The summed E-state index contributed by atoms with van der Waals surface area (Å²) in [5.74, 6) is -0.687. The van der Waals surface area contributed by atoms with E-state index < -0.39 is 5.97 Å². The van der Waals surface area contributed by atoms with E-state index in [0.29, 0.717) is 6.42 Å². The van der Waals surface area contributed by atoms with E-state index in [9.17, 15) is 4.79 Å². The molecule has 0 radical (unpaired) electrons. The quantitative estimate of drug-likeness (QED) is 0.778. The minimum atomic E-state index is -0.687. The molecular weight excluding hydrogens is 274 g/mol. The second-order valence-electron chi connectivity index (χ2n) is 5.33. The first kappa shape index (κ1) is 15.4. The largest absolute Gasteiger partial charge is 0.481 e. The summed E-state index contributed by atoms with van der Waals surface area (Å²) in [6.45, 7) is 8.34. The highest BCUT2D eigenvalue weighted by Gasteiger charge is 2.17. The Morgan fingerprint density at radius 2 is 2.00 bits per heavy atom. The molecule has 1 aromatic rings. The van der Waals surface area contributed by atoms with Crippen LogP contribution in [0.15, 0.2) is 5.38 Å². The molecule has 2 heterocycles. The van der Waals surface area contributed by atoms with Crippen molar-refractivity contribution >= 4 is 17.3 Å². The number of piperazine rings is 1. The van der Waals surface area contributed by atoms with Crippen LogP contribution >= 0.6 is 11.3 Å². The average Bonchev–Trinajstić information content (AvgIpc) is 2.82. The number of nitrogens with zero attached hydrogens (tertiary/aromatic N) is 3. The predicted octanol–water partition coefficient (Wildman–Crippen LogP) is 1.82. The van der Waals surface area contributed by atoms with Gasteiger partial charge in [0.2, 0.25) is 0 Å². The lowest BCUT2D eigenvalue weighted by Crippen LogP contribution is -2.46. The fourth-order valence-electron chi connectivity index (χ4n) is 2.49. The minimum absolute atomic E-state index is 0.295. The van der Waals surface area contributed by atoms with Crippen molar-refractivity contribution < 1.29 is 9.90 Å². The third-order valence-corrected chi connectivity index (χ3v) is 4.45. The van der Waals surface area contributed by atoms with Gasteiger partial charge in [-0.05, 0) is 26.3 Å². The summed E-state index contributed by atoms with van der Waals surface area (Å²) in [5, 5.41) is 11.9. The Labute approximate surface area is 124 Å². The van der Waals surface area contributed by atoms with Gasteiger partial charge in [0.15, 0.2) is 0 Å². The Morgan fingerprint density at radius 3 is 2.60 bits per heavy atom. The van der Waals surface area contributed by atoms with Crippen molar-refractivity contribution in [1.82, 2.24) is 14.8 Å². The molecule has 0 aromatic carbocycles. The zero-order chi connectivity index (χ0) is 14.4. The molecule has 0 saturated carbocycles. The van der Waals surface area contributed by atoms with Crippen LogP contribution in [-0.2, 0) is 11.3 Å². The molecule has 1 aliphatic heterocycles. The molecule has 0 atom stereocenters. The van der Waals surface area contributed by atoms with Gasteiger partial charge in [0.1, 0.15) is 0 Å². The maximum atomic E-state index is 10.4. The molecule has 0 aliphatic carbocycles. The number of rotatable bonds is 7. The number of aryl methyl sites for hydroxylation is 1. The molecule has 0 bridgehead atoms. The number of aromatic nitrogens is 1. The first-order chi connectivity index (χ1) is 9.63. The summed E-state index contributed by atoms with van der Waals surface area (Å²) in [4.78, 5) is 19.8. The number of hydrogen-bond acceptors (Lipinski definition) is 5. The summed E-state index contributed by atoms with van der Waals surface area (Å²) in [6, 6.07) is 0. The van der Waals surface area contributed by atoms with E-state index in [2.05, 4.69) is 20.2 Å². The first-order valence-electron chi connectivity index (χ1n) is 7.21. The molecule has 1 aliphatic rings. The first-order valence-corrected chi connectivity index (χ1v) is 8.09. The van der Waals surface area contributed by atoms with Gasteiger partial charge in [0, 0.05) is 44.5 Å². The molecule has 1 fully saturated rings. The lowest BCUT2D eigenvalue weighted by atomic mass is 10.2. The Bertz CT molecular complexity index is 428. The molecule has 1 aromatic heterocycles. The predicted molar refractivity (Wildman–Crippen MR) is 80.1 cm³/mol. The van der Waals surface area contributed by atoms with Crippen LogP contribution in [0.3, 0.4) is 0 Å². The Balaban J connectivity index is 1.61. The van der Waals surface area contributed by atoms with Gasteiger partial charge >= 0.3 is 5.97 Å². The lowest BCUT2D eigenvalue weighted by Gasteiger charge is -2.34. The maximum absolute atomic E-state index is 10.4. The van der Waals surface area contributed by atoms with E-state index in [4.69, 9.17) is 5.11 Å².